The van der Waals surface area contributed by atoms with Gasteiger partial charge >= 0.3 is 0 Å². The van der Waals surface area contributed by atoms with Gasteiger partial charge in [0.2, 0.25) is 0 Å². The highest BCUT2D eigenvalue weighted by Crippen LogP contribution is 1.95. The largest absolute Gasteiger partial charge is 0.381 e. The number of aryl methyl sites for hydroxylation is 1. The van der Waals surface area contributed by atoms with Gasteiger partial charge in [-0.3, -0.25) is 0 Å². The molecule has 1 rings (SSSR count). The van der Waals surface area contributed by atoms with Crippen molar-refractivity contribution in [1.29, 1.82) is 0 Å². The number of nitrogen functional groups attached to an aromatic ring is 1. The first kappa shape index (κ1) is 4.96. The van der Waals surface area contributed by atoms with E-state index in [0.29, 0.717) is 5.82 Å². The quantitative estimate of drug-likeness (QED) is 0.500. The van der Waals surface area contributed by atoms with Crippen molar-refractivity contribution in [3.8, 4) is 0 Å². The normalized spacial score (nSPS) is 9.12. The fourth-order valence-electron chi connectivity index (χ4n) is 0.339. The molecule has 2 N–H and O–H groups in total. The van der Waals surface area contributed by atoms with Crippen LogP contribution in [0.3, 0.4) is 0 Å². The molecule has 4 heteroatoms. The first-order valence-electron chi connectivity index (χ1n) is 2.20. The van der Waals surface area contributed by atoms with E-state index in [1.807, 2.05) is 0 Å². The third-order valence-corrected chi connectivity index (χ3v) is 0.839. The Kier molecular flexibility index (Phi) is 1.07. The van der Waals surface area contributed by atoms with Crippen molar-refractivity contribution in [3.63, 3.8) is 0 Å². The van der Waals surface area contributed by atoms with Gasteiger partial charge in [-0.05, 0) is 6.92 Å². The second-order valence-electron chi connectivity index (χ2n) is 1.43. The van der Waals surface area contributed by atoms with Gasteiger partial charge in [0.05, 0.1) is 5.69 Å². The molecular formula is C4H6N4. The summed E-state index contributed by atoms with van der Waals surface area (Å²) in [5, 5.41) is 7.00. The second-order valence-corrected chi connectivity index (χ2v) is 1.43. The van der Waals surface area contributed by atoms with E-state index in [0.717, 1.165) is 5.69 Å². The Hall–Kier alpha value is -1.19. The number of rotatable bonds is 0. The highest BCUT2D eigenvalue weighted by atomic mass is 15.2. The van der Waals surface area contributed by atoms with Crippen molar-refractivity contribution < 1.29 is 0 Å². The molecule has 0 aromatic carbocycles. The molecule has 0 aliphatic heterocycles. The summed E-state index contributed by atoms with van der Waals surface area (Å²) in [7, 11) is 0. The highest BCUT2D eigenvalue weighted by molar-refractivity contribution is 5.29. The lowest BCUT2D eigenvalue weighted by Crippen LogP contribution is -1.97. The fourth-order valence-corrected chi connectivity index (χ4v) is 0.339. The van der Waals surface area contributed by atoms with Crippen molar-refractivity contribution in [1.82, 2.24) is 15.2 Å². The van der Waals surface area contributed by atoms with Crippen molar-refractivity contribution >= 4 is 5.82 Å². The summed E-state index contributed by atoms with van der Waals surface area (Å²) in [6.07, 6.45) is 1.37. The van der Waals surface area contributed by atoms with Gasteiger partial charge in [-0.2, -0.15) is 0 Å². The first-order valence-corrected chi connectivity index (χ1v) is 2.20. The summed E-state index contributed by atoms with van der Waals surface area (Å²) in [6, 6.07) is 0. The van der Waals surface area contributed by atoms with Crippen LogP contribution in [-0.4, -0.2) is 15.2 Å². The van der Waals surface area contributed by atoms with Crippen molar-refractivity contribution in [2.75, 3.05) is 5.73 Å². The fraction of sp³-hybridized carbons (Fsp3) is 0.250. The van der Waals surface area contributed by atoms with E-state index in [1.165, 1.54) is 6.33 Å². The molecule has 0 fully saturated rings. The molecule has 0 bridgehead atoms. The molecular weight excluding hydrogens is 104 g/mol. The molecule has 1 aromatic rings. The topological polar surface area (TPSA) is 64.7 Å². The molecule has 0 saturated carbocycles. The summed E-state index contributed by atoms with van der Waals surface area (Å²) in [4.78, 5) is 3.78. The lowest BCUT2D eigenvalue weighted by Gasteiger charge is -1.90. The first-order chi connectivity index (χ1) is 3.80. The number of anilines is 1. The van der Waals surface area contributed by atoms with Crippen LogP contribution >= 0.6 is 0 Å². The summed E-state index contributed by atoms with van der Waals surface area (Å²) < 4.78 is 0. The average Bonchev–Trinajstić information content (AvgIpc) is 1.77. The van der Waals surface area contributed by atoms with E-state index < -0.39 is 0 Å². The lowest BCUT2D eigenvalue weighted by atomic mass is 10.5. The standard InChI is InChI=1S/C4H6N4/c1-3-4(5)8-7-2-6-3/h2H,1H3,(H2,5,8). The van der Waals surface area contributed by atoms with Gasteiger partial charge in [0.1, 0.15) is 6.33 Å². The molecule has 0 amide bonds. The molecule has 0 spiro atoms. The second kappa shape index (κ2) is 1.73. The van der Waals surface area contributed by atoms with Crippen molar-refractivity contribution in [2.24, 2.45) is 0 Å². The number of nitrogens with zero attached hydrogens (tertiary/aromatic N) is 3. The molecule has 8 heavy (non-hydrogen) atoms. The summed E-state index contributed by atoms with van der Waals surface area (Å²) in [5.41, 5.74) is 6.01. The third kappa shape index (κ3) is 0.726. The smallest absolute Gasteiger partial charge is 0.167 e. The van der Waals surface area contributed by atoms with E-state index in [4.69, 9.17) is 5.73 Å². The minimum absolute atomic E-state index is 0.396. The highest BCUT2D eigenvalue weighted by Gasteiger charge is 1.89. The molecule has 1 heterocycles. The molecule has 0 atom stereocenters. The third-order valence-electron chi connectivity index (χ3n) is 0.839. The zero-order valence-electron chi connectivity index (χ0n) is 4.50. The Labute approximate surface area is 46.8 Å². The molecule has 0 aliphatic carbocycles. The molecule has 42 valence electrons. The van der Waals surface area contributed by atoms with Crippen LogP contribution in [0.4, 0.5) is 5.82 Å². The van der Waals surface area contributed by atoms with Gasteiger partial charge in [0.15, 0.2) is 5.82 Å². The average molecular weight is 110 g/mol. The molecule has 0 radical (unpaired) electrons. The minimum atomic E-state index is 0.396. The zero-order chi connectivity index (χ0) is 5.98. The van der Waals surface area contributed by atoms with E-state index in [-0.39, 0.29) is 0 Å². The van der Waals surface area contributed by atoms with Crippen molar-refractivity contribution in [3.05, 3.63) is 12.0 Å². The maximum atomic E-state index is 5.28. The zero-order valence-corrected chi connectivity index (χ0v) is 4.50. The number of hydrogen-bond donors (Lipinski definition) is 1. The van der Waals surface area contributed by atoms with Crippen LogP contribution in [0.15, 0.2) is 6.33 Å². The van der Waals surface area contributed by atoms with Crippen LogP contribution in [0.1, 0.15) is 5.69 Å². The Morgan fingerprint density at radius 1 is 1.62 bits per heavy atom. The van der Waals surface area contributed by atoms with Gasteiger partial charge in [0, 0.05) is 0 Å². The van der Waals surface area contributed by atoms with Crippen LogP contribution in [0.2, 0.25) is 0 Å². The Balaban J connectivity index is 3.13. The van der Waals surface area contributed by atoms with Crippen LogP contribution < -0.4 is 5.73 Å². The molecule has 1 aromatic heterocycles. The predicted molar refractivity (Wildman–Crippen MR) is 29.0 cm³/mol. The van der Waals surface area contributed by atoms with E-state index >= 15 is 0 Å². The lowest BCUT2D eigenvalue weighted by molar-refractivity contribution is 0.952. The molecule has 0 unspecified atom stereocenters. The Morgan fingerprint density at radius 2 is 2.38 bits per heavy atom. The minimum Gasteiger partial charge on any atom is -0.381 e. The number of hydrogen-bond acceptors (Lipinski definition) is 4. The SMILES string of the molecule is Cc1ncnnc1N. The van der Waals surface area contributed by atoms with Gasteiger partial charge in [-0.25, -0.2) is 4.98 Å². The molecule has 4 nitrogen and oxygen atoms in total. The summed E-state index contributed by atoms with van der Waals surface area (Å²) >= 11 is 0. The van der Waals surface area contributed by atoms with E-state index in [2.05, 4.69) is 15.2 Å². The van der Waals surface area contributed by atoms with Crippen LogP contribution in [0.5, 0.6) is 0 Å². The predicted octanol–water partition coefficient (Wildman–Crippen LogP) is -0.238. The van der Waals surface area contributed by atoms with Gasteiger partial charge in [-0.1, -0.05) is 0 Å². The van der Waals surface area contributed by atoms with Crippen LogP contribution in [0, 0.1) is 6.92 Å². The van der Waals surface area contributed by atoms with Gasteiger partial charge < -0.3 is 5.73 Å². The summed E-state index contributed by atoms with van der Waals surface area (Å²) in [5.74, 6) is 0.396. The molecule has 0 aliphatic rings. The maximum Gasteiger partial charge on any atom is 0.167 e. The van der Waals surface area contributed by atoms with Gasteiger partial charge in [-0.15, -0.1) is 10.2 Å². The van der Waals surface area contributed by atoms with Crippen LogP contribution in [0.25, 0.3) is 0 Å². The number of nitrogens with two attached hydrogens (primary N) is 1. The van der Waals surface area contributed by atoms with Crippen molar-refractivity contribution in [2.45, 2.75) is 6.92 Å². The number of aromatic nitrogens is 3. The summed E-state index contributed by atoms with van der Waals surface area (Å²) in [6.45, 7) is 1.78. The monoisotopic (exact) mass is 110 g/mol. The van der Waals surface area contributed by atoms with E-state index in [1.54, 1.807) is 6.92 Å². The molecule has 0 saturated heterocycles. The Bertz CT molecular complexity index is 164. The Morgan fingerprint density at radius 3 is 2.75 bits per heavy atom. The van der Waals surface area contributed by atoms with Crippen LogP contribution in [-0.2, 0) is 0 Å². The van der Waals surface area contributed by atoms with Gasteiger partial charge in [0.25, 0.3) is 0 Å². The maximum absolute atomic E-state index is 5.28. The van der Waals surface area contributed by atoms with E-state index in [9.17, 15) is 0 Å².